The molecule has 0 bridgehead atoms. The Morgan fingerprint density at radius 1 is 1.09 bits per heavy atom. The maximum absolute atomic E-state index is 12.6. The molecule has 0 spiro atoms. The van der Waals surface area contributed by atoms with Crippen LogP contribution >= 0.6 is 22.9 Å². The molecule has 0 unspecified atom stereocenters. The van der Waals surface area contributed by atoms with Crippen molar-refractivity contribution in [3.05, 3.63) is 93.3 Å². The number of rotatable bonds is 8. The van der Waals surface area contributed by atoms with E-state index in [1.807, 2.05) is 6.07 Å². The first kappa shape index (κ1) is 22.5. The Morgan fingerprint density at radius 2 is 1.85 bits per heavy atom. The van der Waals surface area contributed by atoms with E-state index in [0.717, 1.165) is 11.3 Å². The Hall–Kier alpha value is -3.69. The van der Waals surface area contributed by atoms with Gasteiger partial charge < -0.3 is 19.4 Å². The molecule has 2 aromatic heterocycles. The predicted octanol–water partition coefficient (Wildman–Crippen LogP) is 4.89. The van der Waals surface area contributed by atoms with E-state index in [1.54, 1.807) is 72.8 Å². The number of furan rings is 1. The quantitative estimate of drug-likeness (QED) is 0.384. The number of nitrogens with one attached hydrogen (secondary N) is 1. The first-order chi connectivity index (χ1) is 16.0. The lowest BCUT2D eigenvalue weighted by Crippen LogP contribution is -2.26. The molecule has 2 aromatic carbocycles. The van der Waals surface area contributed by atoms with Crippen molar-refractivity contribution < 1.29 is 18.7 Å². The Labute approximate surface area is 198 Å². The minimum absolute atomic E-state index is 0.154. The van der Waals surface area contributed by atoms with Crippen molar-refractivity contribution in [1.82, 2.24) is 15.1 Å². The number of anilines is 1. The van der Waals surface area contributed by atoms with Gasteiger partial charge in [-0.15, -0.1) is 10.2 Å². The molecule has 2 amide bonds. The van der Waals surface area contributed by atoms with Crippen LogP contribution in [0.2, 0.25) is 5.02 Å². The third-order valence-corrected chi connectivity index (χ3v) is 5.69. The highest BCUT2D eigenvalue weighted by atomic mass is 35.5. The van der Waals surface area contributed by atoms with Crippen LogP contribution in [0.25, 0.3) is 0 Å². The van der Waals surface area contributed by atoms with Crippen LogP contribution in [0.4, 0.5) is 5.69 Å². The molecule has 0 saturated carbocycles. The van der Waals surface area contributed by atoms with Crippen molar-refractivity contribution in [3.8, 4) is 5.75 Å². The average molecular weight is 483 g/mol. The van der Waals surface area contributed by atoms with Gasteiger partial charge in [-0.3, -0.25) is 9.59 Å². The standard InChI is InChI=1S/C23H19ClN4O4S/c1-28(13-19-3-2-12-31-19)23(30)15-4-8-17(9-5-15)25-21(29)22-27-26-20(33-22)14-32-18-10-6-16(24)7-11-18/h2-12H,13-14H2,1H3,(H,25,29). The lowest BCUT2D eigenvalue weighted by atomic mass is 10.2. The highest BCUT2D eigenvalue weighted by Gasteiger charge is 2.16. The molecule has 1 N–H and O–H groups in total. The summed E-state index contributed by atoms with van der Waals surface area (Å²) >= 11 is 7.00. The molecule has 0 atom stereocenters. The number of nitrogens with zero attached hydrogens (tertiary/aromatic N) is 3. The van der Waals surface area contributed by atoms with E-state index in [-0.39, 0.29) is 23.4 Å². The summed E-state index contributed by atoms with van der Waals surface area (Å²) < 4.78 is 10.9. The van der Waals surface area contributed by atoms with Crippen molar-refractivity contribution in [3.63, 3.8) is 0 Å². The van der Waals surface area contributed by atoms with Crippen molar-refractivity contribution in [1.29, 1.82) is 0 Å². The number of amides is 2. The molecule has 33 heavy (non-hydrogen) atoms. The van der Waals surface area contributed by atoms with Gasteiger partial charge in [-0.2, -0.15) is 0 Å². The van der Waals surface area contributed by atoms with Gasteiger partial charge in [0.25, 0.3) is 11.8 Å². The van der Waals surface area contributed by atoms with Gasteiger partial charge in [-0.25, -0.2) is 0 Å². The van der Waals surface area contributed by atoms with Gasteiger partial charge in [0.1, 0.15) is 18.1 Å². The van der Waals surface area contributed by atoms with E-state index in [1.165, 1.54) is 0 Å². The molecule has 10 heteroatoms. The minimum atomic E-state index is -0.390. The number of aromatic nitrogens is 2. The summed E-state index contributed by atoms with van der Waals surface area (Å²) in [5.41, 5.74) is 1.04. The monoisotopic (exact) mass is 482 g/mol. The first-order valence-corrected chi connectivity index (χ1v) is 11.1. The number of hydrogen-bond acceptors (Lipinski definition) is 7. The van der Waals surface area contributed by atoms with Crippen molar-refractivity contribution in [2.24, 2.45) is 0 Å². The SMILES string of the molecule is CN(Cc1ccco1)C(=O)c1ccc(NC(=O)c2nnc(COc3ccc(Cl)cc3)s2)cc1. The van der Waals surface area contributed by atoms with Gasteiger partial charge in [-0.05, 0) is 60.7 Å². The van der Waals surface area contributed by atoms with Gasteiger partial charge in [0.15, 0.2) is 5.01 Å². The normalized spacial score (nSPS) is 10.6. The third kappa shape index (κ3) is 5.97. The zero-order valence-corrected chi connectivity index (χ0v) is 19.1. The third-order valence-electron chi connectivity index (χ3n) is 4.55. The number of carbonyl (C=O) groups is 2. The van der Waals surface area contributed by atoms with E-state index in [9.17, 15) is 9.59 Å². The number of hydrogen-bond donors (Lipinski definition) is 1. The molecule has 0 aliphatic heterocycles. The van der Waals surface area contributed by atoms with E-state index in [4.69, 9.17) is 20.8 Å². The number of halogens is 1. The van der Waals surface area contributed by atoms with E-state index < -0.39 is 0 Å². The van der Waals surface area contributed by atoms with Crippen LogP contribution in [0.1, 0.15) is 30.9 Å². The second-order valence-corrected chi connectivity index (χ2v) is 8.51. The Morgan fingerprint density at radius 3 is 2.55 bits per heavy atom. The summed E-state index contributed by atoms with van der Waals surface area (Å²) in [5.74, 6) is 0.799. The Bertz CT molecular complexity index is 1220. The largest absolute Gasteiger partial charge is 0.486 e. The summed E-state index contributed by atoms with van der Waals surface area (Å²) in [7, 11) is 1.70. The molecular weight excluding hydrogens is 464 g/mol. The molecule has 4 aromatic rings. The lowest BCUT2D eigenvalue weighted by Gasteiger charge is -2.16. The van der Waals surface area contributed by atoms with Crippen molar-refractivity contribution in [2.75, 3.05) is 12.4 Å². The maximum atomic E-state index is 12.6. The van der Waals surface area contributed by atoms with Crippen molar-refractivity contribution >= 4 is 40.4 Å². The molecule has 0 fully saturated rings. The van der Waals surface area contributed by atoms with Crippen LogP contribution in [0.15, 0.2) is 71.3 Å². The smallest absolute Gasteiger partial charge is 0.286 e. The fraction of sp³-hybridized carbons (Fsp3) is 0.130. The first-order valence-electron chi connectivity index (χ1n) is 9.88. The molecule has 0 aliphatic carbocycles. The van der Waals surface area contributed by atoms with Crippen molar-refractivity contribution in [2.45, 2.75) is 13.2 Å². The van der Waals surface area contributed by atoms with Crippen LogP contribution in [-0.4, -0.2) is 34.0 Å². The van der Waals surface area contributed by atoms with Crippen LogP contribution < -0.4 is 10.1 Å². The lowest BCUT2D eigenvalue weighted by molar-refractivity contribution is 0.0775. The van der Waals surface area contributed by atoms with E-state index >= 15 is 0 Å². The number of ether oxygens (including phenoxy) is 1. The zero-order valence-electron chi connectivity index (χ0n) is 17.5. The van der Waals surface area contributed by atoms with Crippen LogP contribution in [-0.2, 0) is 13.2 Å². The highest BCUT2D eigenvalue weighted by Crippen LogP contribution is 2.19. The fourth-order valence-electron chi connectivity index (χ4n) is 2.89. The summed E-state index contributed by atoms with van der Waals surface area (Å²) in [6, 6.07) is 17.2. The van der Waals surface area contributed by atoms with Gasteiger partial charge >= 0.3 is 0 Å². The topological polar surface area (TPSA) is 97.6 Å². The molecule has 2 heterocycles. The molecule has 0 radical (unpaired) electrons. The fourth-order valence-corrected chi connectivity index (χ4v) is 3.66. The molecule has 4 rings (SSSR count). The second kappa shape index (κ2) is 10.3. The minimum Gasteiger partial charge on any atom is -0.486 e. The summed E-state index contributed by atoms with van der Waals surface area (Å²) in [4.78, 5) is 26.6. The average Bonchev–Trinajstić information content (AvgIpc) is 3.51. The summed E-state index contributed by atoms with van der Waals surface area (Å²) in [6.07, 6.45) is 1.57. The van der Waals surface area contributed by atoms with E-state index in [2.05, 4.69) is 15.5 Å². The Kier molecular flexibility index (Phi) is 7.01. The predicted molar refractivity (Wildman–Crippen MR) is 125 cm³/mol. The summed E-state index contributed by atoms with van der Waals surface area (Å²) in [5, 5.41) is 12.1. The van der Waals surface area contributed by atoms with Crippen LogP contribution in [0, 0.1) is 0 Å². The van der Waals surface area contributed by atoms with Gasteiger partial charge in [-0.1, -0.05) is 22.9 Å². The molecule has 168 valence electrons. The highest BCUT2D eigenvalue weighted by molar-refractivity contribution is 7.13. The van der Waals surface area contributed by atoms with Gasteiger partial charge in [0.05, 0.1) is 12.8 Å². The van der Waals surface area contributed by atoms with Gasteiger partial charge in [0, 0.05) is 23.3 Å². The second-order valence-electron chi connectivity index (χ2n) is 7.02. The molecule has 0 saturated heterocycles. The van der Waals surface area contributed by atoms with Crippen LogP contribution in [0.5, 0.6) is 5.75 Å². The van der Waals surface area contributed by atoms with Gasteiger partial charge in [0.2, 0.25) is 5.01 Å². The zero-order chi connectivity index (χ0) is 23.2. The Balaban J connectivity index is 1.31. The molecule has 8 nitrogen and oxygen atoms in total. The molecule has 0 aliphatic rings. The maximum Gasteiger partial charge on any atom is 0.286 e. The molecular formula is C23H19ClN4O4S. The number of carbonyl (C=O) groups excluding carboxylic acids is 2. The van der Waals surface area contributed by atoms with Crippen LogP contribution in [0.3, 0.4) is 0 Å². The van der Waals surface area contributed by atoms with E-state index in [0.29, 0.717) is 39.3 Å². The number of benzene rings is 2. The summed E-state index contributed by atoms with van der Waals surface area (Å²) in [6.45, 7) is 0.556.